The SMILES string of the molecule is O=C(CN1C(=O)SC(=C2CCC(Cl)(Cl)CC2)C1=O)c1ccc2[nH]ncc2c1. The molecule has 27 heavy (non-hydrogen) atoms. The molecule has 1 aliphatic heterocycles. The van der Waals surface area contributed by atoms with E-state index in [2.05, 4.69) is 10.2 Å². The molecule has 2 aliphatic rings. The van der Waals surface area contributed by atoms with Gasteiger partial charge in [0.05, 0.1) is 23.2 Å². The molecule has 140 valence electrons. The van der Waals surface area contributed by atoms with Crippen molar-refractivity contribution in [3.63, 3.8) is 0 Å². The molecule has 2 aromatic rings. The van der Waals surface area contributed by atoms with Gasteiger partial charge in [0.15, 0.2) is 5.78 Å². The molecule has 0 atom stereocenters. The Labute approximate surface area is 169 Å². The van der Waals surface area contributed by atoms with Gasteiger partial charge in [-0.1, -0.05) is 5.57 Å². The number of thioether (sulfide) groups is 1. The predicted octanol–water partition coefficient (Wildman–Crippen LogP) is 4.44. The van der Waals surface area contributed by atoms with Crippen LogP contribution in [0.2, 0.25) is 0 Å². The lowest BCUT2D eigenvalue weighted by Crippen LogP contribution is -2.34. The summed E-state index contributed by atoms with van der Waals surface area (Å²) in [5.41, 5.74) is 2.14. The van der Waals surface area contributed by atoms with E-state index in [1.54, 1.807) is 24.4 Å². The highest BCUT2D eigenvalue weighted by atomic mass is 35.5. The fraction of sp³-hybridized carbons (Fsp3) is 0.333. The molecule has 1 saturated carbocycles. The zero-order valence-corrected chi connectivity index (χ0v) is 16.5. The molecule has 2 heterocycles. The van der Waals surface area contributed by atoms with Crippen LogP contribution in [0, 0.1) is 0 Å². The molecule has 1 aromatic carbocycles. The number of nitrogens with one attached hydrogen (secondary N) is 1. The van der Waals surface area contributed by atoms with Crippen LogP contribution >= 0.6 is 35.0 Å². The summed E-state index contributed by atoms with van der Waals surface area (Å²) in [7, 11) is 0. The lowest BCUT2D eigenvalue weighted by Gasteiger charge is -2.26. The van der Waals surface area contributed by atoms with Gasteiger partial charge >= 0.3 is 0 Å². The second-order valence-corrected chi connectivity index (χ2v) is 9.25. The summed E-state index contributed by atoms with van der Waals surface area (Å²) in [5.74, 6) is -0.704. The summed E-state index contributed by atoms with van der Waals surface area (Å²) in [6, 6.07) is 5.10. The van der Waals surface area contributed by atoms with Gasteiger partial charge in [0.2, 0.25) is 0 Å². The molecule has 2 amide bonds. The van der Waals surface area contributed by atoms with Crippen molar-refractivity contribution in [2.45, 2.75) is 30.0 Å². The van der Waals surface area contributed by atoms with E-state index >= 15 is 0 Å². The van der Waals surface area contributed by atoms with Crippen LogP contribution in [0.5, 0.6) is 0 Å². The number of benzene rings is 1. The molecule has 1 saturated heterocycles. The largest absolute Gasteiger partial charge is 0.293 e. The Hall–Kier alpha value is -1.83. The number of hydrogen-bond acceptors (Lipinski definition) is 5. The molecule has 0 radical (unpaired) electrons. The number of alkyl halides is 2. The summed E-state index contributed by atoms with van der Waals surface area (Å²) in [5, 5.41) is 7.10. The van der Waals surface area contributed by atoms with Gasteiger partial charge < -0.3 is 0 Å². The van der Waals surface area contributed by atoms with E-state index in [-0.39, 0.29) is 12.3 Å². The number of aromatic nitrogens is 2. The molecule has 1 aliphatic carbocycles. The number of nitrogens with zero attached hydrogens (tertiary/aromatic N) is 2. The molecular formula is C18H15Cl2N3O3S. The summed E-state index contributed by atoms with van der Waals surface area (Å²) in [6.07, 6.45) is 3.86. The van der Waals surface area contributed by atoms with Gasteiger partial charge in [-0.05, 0) is 55.6 Å². The van der Waals surface area contributed by atoms with E-state index in [0.29, 0.717) is 36.2 Å². The van der Waals surface area contributed by atoms with Gasteiger partial charge in [0.1, 0.15) is 4.33 Å². The number of halogens is 2. The van der Waals surface area contributed by atoms with Crippen LogP contribution in [0.3, 0.4) is 0 Å². The van der Waals surface area contributed by atoms with Crippen LogP contribution in [0.4, 0.5) is 4.79 Å². The van der Waals surface area contributed by atoms with E-state index in [1.165, 1.54) is 0 Å². The van der Waals surface area contributed by atoms with Gasteiger partial charge in [-0.3, -0.25) is 24.4 Å². The van der Waals surface area contributed by atoms with E-state index < -0.39 is 15.5 Å². The maximum atomic E-state index is 12.7. The quantitative estimate of drug-likeness (QED) is 0.448. The van der Waals surface area contributed by atoms with Crippen molar-refractivity contribution in [1.29, 1.82) is 0 Å². The highest BCUT2D eigenvalue weighted by Crippen LogP contribution is 2.44. The molecule has 9 heteroatoms. The smallest absolute Gasteiger partial charge is 0.292 e. The third-order valence-electron chi connectivity index (χ3n) is 4.82. The molecular weight excluding hydrogens is 409 g/mol. The van der Waals surface area contributed by atoms with Gasteiger partial charge in [-0.25, -0.2) is 0 Å². The topological polar surface area (TPSA) is 83.1 Å². The third-order valence-corrected chi connectivity index (χ3v) is 6.64. The Morgan fingerprint density at radius 3 is 2.74 bits per heavy atom. The van der Waals surface area contributed by atoms with Crippen molar-refractivity contribution in [3.8, 4) is 0 Å². The first-order chi connectivity index (χ1) is 12.8. The molecule has 2 fully saturated rings. The van der Waals surface area contributed by atoms with Crippen LogP contribution in [-0.4, -0.2) is 42.9 Å². The predicted molar refractivity (Wildman–Crippen MR) is 105 cm³/mol. The number of hydrogen-bond donors (Lipinski definition) is 1. The average molecular weight is 424 g/mol. The molecule has 1 aromatic heterocycles. The molecule has 1 N–H and O–H groups in total. The summed E-state index contributed by atoms with van der Waals surface area (Å²) < 4.78 is -0.776. The number of carbonyl (C=O) groups is 3. The third kappa shape index (κ3) is 3.63. The van der Waals surface area contributed by atoms with Gasteiger partial charge in [-0.2, -0.15) is 5.10 Å². The first kappa shape index (κ1) is 18.5. The second-order valence-electron chi connectivity index (χ2n) is 6.64. The van der Waals surface area contributed by atoms with Crippen molar-refractivity contribution >= 4 is 62.8 Å². The summed E-state index contributed by atoms with van der Waals surface area (Å²) in [6.45, 7) is -0.278. The second kappa shape index (κ2) is 6.96. The number of imide groups is 1. The van der Waals surface area contributed by atoms with Crippen LogP contribution in [0.25, 0.3) is 10.9 Å². The molecule has 0 spiro atoms. The number of Topliss-reactive ketones (excluding diaryl/α,β-unsaturated/α-hetero) is 1. The normalized spacial score (nSPS) is 20.0. The zero-order valence-electron chi connectivity index (χ0n) is 14.1. The number of amides is 2. The van der Waals surface area contributed by atoms with Gasteiger partial charge in [0.25, 0.3) is 11.1 Å². The Kier molecular flexibility index (Phi) is 4.78. The number of ketones is 1. The van der Waals surface area contributed by atoms with E-state index in [4.69, 9.17) is 23.2 Å². The Morgan fingerprint density at radius 2 is 2.00 bits per heavy atom. The first-order valence-electron chi connectivity index (χ1n) is 8.44. The number of fused-ring (bicyclic) bond motifs is 1. The van der Waals surface area contributed by atoms with Gasteiger partial charge in [0, 0.05) is 10.9 Å². The molecule has 0 bridgehead atoms. The number of aromatic amines is 1. The molecule has 6 nitrogen and oxygen atoms in total. The number of allylic oxidation sites excluding steroid dienone is 1. The first-order valence-corrected chi connectivity index (χ1v) is 10.0. The standard InChI is InChI=1S/C18H15Cl2N3O3S/c19-18(20)5-3-10(4-6-18)15-16(25)23(17(26)27-15)9-14(24)11-1-2-13-12(7-11)8-21-22-13/h1-2,7-8H,3-6,9H2,(H,21,22). The van der Waals surface area contributed by atoms with E-state index in [0.717, 1.165) is 33.1 Å². The fourth-order valence-corrected chi connectivity index (χ4v) is 4.60. The summed E-state index contributed by atoms with van der Waals surface area (Å²) >= 11 is 13.2. The van der Waals surface area contributed by atoms with Crippen molar-refractivity contribution in [3.05, 3.63) is 40.4 Å². The lowest BCUT2D eigenvalue weighted by atomic mass is 9.93. The van der Waals surface area contributed by atoms with E-state index in [9.17, 15) is 14.4 Å². The number of rotatable bonds is 3. The zero-order chi connectivity index (χ0) is 19.2. The van der Waals surface area contributed by atoms with Crippen LogP contribution in [0.15, 0.2) is 34.9 Å². The van der Waals surface area contributed by atoms with Crippen LogP contribution in [0.1, 0.15) is 36.0 Å². The highest BCUT2D eigenvalue weighted by Gasteiger charge is 2.40. The maximum Gasteiger partial charge on any atom is 0.293 e. The maximum absolute atomic E-state index is 12.7. The highest BCUT2D eigenvalue weighted by molar-refractivity contribution is 8.18. The van der Waals surface area contributed by atoms with Crippen molar-refractivity contribution in [2.75, 3.05) is 6.54 Å². The van der Waals surface area contributed by atoms with Crippen LogP contribution in [-0.2, 0) is 4.79 Å². The van der Waals surface area contributed by atoms with E-state index in [1.807, 2.05) is 0 Å². The minimum Gasteiger partial charge on any atom is -0.292 e. The minimum atomic E-state index is -0.776. The number of H-pyrrole nitrogens is 1. The van der Waals surface area contributed by atoms with Crippen molar-refractivity contribution < 1.29 is 14.4 Å². The molecule has 0 unspecified atom stereocenters. The number of carbonyl (C=O) groups excluding carboxylic acids is 3. The van der Waals surface area contributed by atoms with Gasteiger partial charge in [-0.15, -0.1) is 23.2 Å². The Balaban J connectivity index is 1.51. The average Bonchev–Trinajstić information content (AvgIpc) is 3.21. The minimum absolute atomic E-state index is 0.278. The van der Waals surface area contributed by atoms with Crippen LogP contribution < -0.4 is 0 Å². The Bertz CT molecular complexity index is 987. The fourth-order valence-electron chi connectivity index (χ4n) is 3.25. The molecule has 4 rings (SSSR count). The van der Waals surface area contributed by atoms with Crippen molar-refractivity contribution in [2.24, 2.45) is 0 Å². The van der Waals surface area contributed by atoms with Crippen molar-refractivity contribution in [1.82, 2.24) is 15.1 Å². The monoisotopic (exact) mass is 423 g/mol. The summed E-state index contributed by atoms with van der Waals surface area (Å²) in [4.78, 5) is 39.0. The lowest BCUT2D eigenvalue weighted by molar-refractivity contribution is -0.122. The Morgan fingerprint density at radius 1 is 1.26 bits per heavy atom.